The first-order chi connectivity index (χ1) is 12.0. The molecule has 3 rings (SSSR count). The Labute approximate surface area is 150 Å². The maximum atomic E-state index is 12.8. The smallest absolute Gasteiger partial charge is 0.226 e. The highest BCUT2D eigenvalue weighted by molar-refractivity contribution is 5.79. The Kier molecular flexibility index (Phi) is 5.26. The number of benzene rings is 1. The highest BCUT2D eigenvalue weighted by Gasteiger charge is 2.29. The van der Waals surface area contributed by atoms with Gasteiger partial charge in [-0.05, 0) is 52.2 Å². The molecule has 134 valence electrons. The van der Waals surface area contributed by atoms with Crippen molar-refractivity contribution in [2.24, 2.45) is 5.92 Å². The minimum atomic E-state index is 0.161. The van der Waals surface area contributed by atoms with Crippen LogP contribution < -0.4 is 0 Å². The zero-order chi connectivity index (χ0) is 18.0. The fourth-order valence-corrected chi connectivity index (χ4v) is 3.61. The summed E-state index contributed by atoms with van der Waals surface area (Å²) in [6.45, 7) is 8.79. The molecule has 1 aliphatic carbocycles. The number of aryl methyl sites for hydroxylation is 2. The van der Waals surface area contributed by atoms with Crippen LogP contribution in [0.5, 0.6) is 0 Å². The molecule has 1 aliphatic rings. The molecule has 4 nitrogen and oxygen atoms in total. The van der Waals surface area contributed by atoms with Gasteiger partial charge in [-0.25, -0.2) is 0 Å². The van der Waals surface area contributed by atoms with E-state index in [0.29, 0.717) is 6.54 Å². The van der Waals surface area contributed by atoms with Crippen molar-refractivity contribution in [2.45, 2.75) is 66.0 Å². The highest BCUT2D eigenvalue weighted by atomic mass is 16.5. The van der Waals surface area contributed by atoms with Gasteiger partial charge >= 0.3 is 0 Å². The van der Waals surface area contributed by atoms with Crippen molar-refractivity contribution >= 4 is 5.91 Å². The van der Waals surface area contributed by atoms with Crippen LogP contribution in [0.2, 0.25) is 0 Å². The van der Waals surface area contributed by atoms with E-state index in [2.05, 4.69) is 51.1 Å². The first-order valence-electron chi connectivity index (χ1n) is 9.29. The second kappa shape index (κ2) is 7.42. The third-order valence-electron chi connectivity index (χ3n) is 5.16. The van der Waals surface area contributed by atoms with Crippen LogP contribution in [0, 0.1) is 19.8 Å². The van der Waals surface area contributed by atoms with Crippen LogP contribution in [-0.4, -0.2) is 22.0 Å². The topological polar surface area (TPSA) is 46.3 Å². The summed E-state index contributed by atoms with van der Waals surface area (Å²) in [7, 11) is 0. The van der Waals surface area contributed by atoms with Crippen LogP contribution >= 0.6 is 0 Å². The largest absolute Gasteiger partial charge is 0.356 e. The Bertz CT molecular complexity index is 742. The number of carbonyl (C=O) groups excluding carboxylic acids is 1. The van der Waals surface area contributed by atoms with Crippen LogP contribution in [0.15, 0.2) is 28.8 Å². The molecule has 0 N–H and O–H groups in total. The van der Waals surface area contributed by atoms with E-state index in [0.717, 1.165) is 35.4 Å². The zero-order valence-electron chi connectivity index (χ0n) is 15.7. The van der Waals surface area contributed by atoms with Crippen LogP contribution in [0.1, 0.15) is 56.4 Å². The van der Waals surface area contributed by atoms with Gasteiger partial charge in [0.1, 0.15) is 5.69 Å². The van der Waals surface area contributed by atoms with Crippen molar-refractivity contribution in [1.82, 2.24) is 10.1 Å². The number of aromatic nitrogens is 1. The van der Waals surface area contributed by atoms with E-state index in [1.807, 2.05) is 11.0 Å². The lowest BCUT2D eigenvalue weighted by molar-refractivity contribution is -0.137. The van der Waals surface area contributed by atoms with Crippen molar-refractivity contribution in [2.75, 3.05) is 0 Å². The minimum Gasteiger partial charge on any atom is -0.356 e. The molecular weight excluding hydrogens is 312 g/mol. The average Bonchev–Trinajstić information content (AvgIpc) is 3.25. The molecule has 0 saturated heterocycles. The van der Waals surface area contributed by atoms with E-state index in [1.165, 1.54) is 18.4 Å². The Morgan fingerprint density at radius 2 is 1.96 bits per heavy atom. The van der Waals surface area contributed by atoms with Gasteiger partial charge in [-0.15, -0.1) is 0 Å². The summed E-state index contributed by atoms with van der Waals surface area (Å²) in [4.78, 5) is 14.8. The summed E-state index contributed by atoms with van der Waals surface area (Å²) in [5.41, 5.74) is 4.24. The van der Waals surface area contributed by atoms with Gasteiger partial charge in [-0.3, -0.25) is 4.79 Å². The molecule has 0 aliphatic heterocycles. The Balaban J connectivity index is 1.78. The van der Waals surface area contributed by atoms with Crippen molar-refractivity contribution in [1.29, 1.82) is 0 Å². The summed E-state index contributed by atoms with van der Waals surface area (Å²) < 4.78 is 5.58. The lowest BCUT2D eigenvalue weighted by Gasteiger charge is -2.28. The van der Waals surface area contributed by atoms with Crippen molar-refractivity contribution < 1.29 is 9.32 Å². The third-order valence-corrected chi connectivity index (χ3v) is 5.16. The molecule has 1 fully saturated rings. The lowest BCUT2D eigenvalue weighted by Crippen LogP contribution is -2.39. The van der Waals surface area contributed by atoms with Gasteiger partial charge in [-0.1, -0.05) is 35.7 Å². The predicted molar refractivity (Wildman–Crippen MR) is 99.1 cm³/mol. The molecule has 1 heterocycles. The number of hydrogen-bond donors (Lipinski definition) is 0. The molecular formula is C21H28N2O2. The van der Waals surface area contributed by atoms with E-state index < -0.39 is 0 Å². The molecule has 1 aromatic heterocycles. The normalized spacial score (nSPS) is 15.1. The third kappa shape index (κ3) is 3.94. The fraction of sp³-hybridized carbons (Fsp3) is 0.524. The summed E-state index contributed by atoms with van der Waals surface area (Å²) in [5, 5.41) is 4.23. The number of hydrogen-bond acceptors (Lipinski definition) is 3. The number of nitrogens with zero attached hydrogens (tertiary/aromatic N) is 2. The van der Waals surface area contributed by atoms with Crippen LogP contribution in [0.4, 0.5) is 0 Å². The molecule has 0 spiro atoms. The molecule has 4 heteroatoms. The Morgan fingerprint density at radius 3 is 2.64 bits per heavy atom. The van der Waals surface area contributed by atoms with E-state index in [1.54, 1.807) is 0 Å². The molecule has 0 unspecified atom stereocenters. The van der Waals surface area contributed by atoms with Crippen LogP contribution in [-0.2, 0) is 11.3 Å². The van der Waals surface area contributed by atoms with E-state index in [9.17, 15) is 4.79 Å². The number of amides is 1. The lowest BCUT2D eigenvalue weighted by atomic mass is 10.0. The zero-order valence-corrected chi connectivity index (χ0v) is 15.7. The standard InChI is InChI=1S/C21H28N2O2/c1-14(2)23(21(24)17-7-5-6-8-17)13-18-12-20(25-22-18)19-11-15(3)9-10-16(19)4/h9-12,14,17H,5-8,13H2,1-4H3. The Hall–Kier alpha value is -2.10. The minimum absolute atomic E-state index is 0.161. The first-order valence-corrected chi connectivity index (χ1v) is 9.29. The van der Waals surface area contributed by atoms with Crippen molar-refractivity contribution in [3.05, 3.63) is 41.1 Å². The number of carbonyl (C=O) groups is 1. The Morgan fingerprint density at radius 1 is 1.24 bits per heavy atom. The van der Waals surface area contributed by atoms with E-state index in [-0.39, 0.29) is 17.9 Å². The van der Waals surface area contributed by atoms with E-state index >= 15 is 0 Å². The molecule has 1 aromatic carbocycles. The summed E-state index contributed by atoms with van der Waals surface area (Å²) >= 11 is 0. The highest BCUT2D eigenvalue weighted by Crippen LogP contribution is 2.29. The van der Waals surface area contributed by atoms with Gasteiger partial charge in [0.15, 0.2) is 5.76 Å². The second-order valence-electron chi connectivity index (χ2n) is 7.54. The maximum Gasteiger partial charge on any atom is 0.226 e. The van der Waals surface area contributed by atoms with Crippen molar-refractivity contribution in [3.8, 4) is 11.3 Å². The van der Waals surface area contributed by atoms with Gasteiger partial charge in [0.25, 0.3) is 0 Å². The van der Waals surface area contributed by atoms with Gasteiger partial charge in [-0.2, -0.15) is 0 Å². The maximum absolute atomic E-state index is 12.8. The van der Waals surface area contributed by atoms with Crippen LogP contribution in [0.25, 0.3) is 11.3 Å². The fourth-order valence-electron chi connectivity index (χ4n) is 3.61. The molecule has 1 saturated carbocycles. The van der Waals surface area contributed by atoms with Gasteiger partial charge in [0.2, 0.25) is 5.91 Å². The number of rotatable bonds is 5. The molecule has 0 bridgehead atoms. The molecule has 25 heavy (non-hydrogen) atoms. The monoisotopic (exact) mass is 340 g/mol. The predicted octanol–water partition coefficient (Wildman–Crippen LogP) is 4.89. The van der Waals surface area contributed by atoms with Gasteiger partial charge < -0.3 is 9.42 Å². The molecule has 0 radical (unpaired) electrons. The summed E-state index contributed by atoms with van der Waals surface area (Å²) in [6.07, 6.45) is 4.38. The van der Waals surface area contributed by atoms with Crippen LogP contribution in [0.3, 0.4) is 0 Å². The quantitative estimate of drug-likeness (QED) is 0.779. The van der Waals surface area contributed by atoms with E-state index in [4.69, 9.17) is 4.52 Å². The van der Waals surface area contributed by atoms with Gasteiger partial charge in [0, 0.05) is 23.6 Å². The van der Waals surface area contributed by atoms with Crippen molar-refractivity contribution in [3.63, 3.8) is 0 Å². The average molecular weight is 340 g/mol. The van der Waals surface area contributed by atoms with Gasteiger partial charge in [0.05, 0.1) is 6.54 Å². The SMILES string of the molecule is Cc1ccc(C)c(-c2cc(CN(C(=O)C3CCCC3)C(C)C)no2)c1. The molecule has 1 amide bonds. The molecule has 2 aromatic rings. The summed E-state index contributed by atoms with van der Waals surface area (Å²) in [5.74, 6) is 1.23. The molecule has 0 atom stereocenters. The second-order valence-corrected chi connectivity index (χ2v) is 7.54. The first kappa shape index (κ1) is 17.7. The summed E-state index contributed by atoms with van der Waals surface area (Å²) in [6, 6.07) is 8.44.